The van der Waals surface area contributed by atoms with Gasteiger partial charge in [0.25, 0.3) is 0 Å². The fourth-order valence-corrected chi connectivity index (χ4v) is 1.26. The molecular formula is C10H18N4O. The first-order valence-electron chi connectivity index (χ1n) is 4.98. The first-order valence-corrected chi connectivity index (χ1v) is 4.98. The molecular weight excluding hydrogens is 192 g/mol. The minimum atomic E-state index is -0.0612. The summed E-state index contributed by atoms with van der Waals surface area (Å²) in [5, 5.41) is 6.88. The maximum absolute atomic E-state index is 11.6. The van der Waals surface area contributed by atoms with Crippen molar-refractivity contribution < 1.29 is 4.79 Å². The number of carbonyl (C=O) groups is 1. The molecule has 1 aromatic heterocycles. The molecule has 5 heteroatoms. The Morgan fingerprint density at radius 2 is 2.33 bits per heavy atom. The molecule has 1 rings (SSSR count). The summed E-state index contributed by atoms with van der Waals surface area (Å²) in [6, 6.07) is 0.0997. The van der Waals surface area contributed by atoms with Gasteiger partial charge in [-0.3, -0.25) is 4.68 Å². The normalized spacial score (nSPS) is 10.5. The van der Waals surface area contributed by atoms with Gasteiger partial charge < -0.3 is 10.2 Å². The van der Waals surface area contributed by atoms with Crippen molar-refractivity contribution in [2.45, 2.75) is 26.4 Å². The summed E-state index contributed by atoms with van der Waals surface area (Å²) in [7, 11) is 3.63. The summed E-state index contributed by atoms with van der Waals surface area (Å²) >= 11 is 0. The number of nitrogens with zero attached hydrogens (tertiary/aromatic N) is 3. The predicted molar refractivity (Wildman–Crippen MR) is 58.3 cm³/mol. The summed E-state index contributed by atoms with van der Waals surface area (Å²) in [4.78, 5) is 13.2. The molecule has 84 valence electrons. The Labute approximate surface area is 90.1 Å². The van der Waals surface area contributed by atoms with Crippen LogP contribution in [0.5, 0.6) is 0 Å². The van der Waals surface area contributed by atoms with Crippen LogP contribution in [-0.2, 0) is 13.6 Å². The molecule has 1 heterocycles. The van der Waals surface area contributed by atoms with E-state index in [0.29, 0.717) is 6.54 Å². The first-order chi connectivity index (χ1) is 6.99. The van der Waals surface area contributed by atoms with Crippen LogP contribution in [0.3, 0.4) is 0 Å². The molecule has 0 aliphatic carbocycles. The zero-order chi connectivity index (χ0) is 11.4. The Kier molecular flexibility index (Phi) is 3.71. The number of hydrogen-bond acceptors (Lipinski definition) is 2. The second-order valence-electron chi connectivity index (χ2n) is 3.98. The molecule has 0 radical (unpaired) electrons. The van der Waals surface area contributed by atoms with Gasteiger partial charge in [0.15, 0.2) is 0 Å². The average Bonchev–Trinajstić information content (AvgIpc) is 2.50. The van der Waals surface area contributed by atoms with Gasteiger partial charge >= 0.3 is 6.03 Å². The van der Waals surface area contributed by atoms with Gasteiger partial charge in [-0.15, -0.1) is 0 Å². The zero-order valence-corrected chi connectivity index (χ0v) is 9.69. The van der Waals surface area contributed by atoms with E-state index in [9.17, 15) is 4.79 Å². The van der Waals surface area contributed by atoms with Crippen LogP contribution >= 0.6 is 0 Å². The summed E-state index contributed by atoms with van der Waals surface area (Å²) < 4.78 is 1.73. The van der Waals surface area contributed by atoms with Crippen LogP contribution in [0, 0.1) is 0 Å². The largest absolute Gasteiger partial charge is 0.336 e. The standard InChI is InChI=1S/C10H18N4O/c1-8(2)12-10(15)13(3)6-9-5-11-14(4)7-9/h5,7-8H,6H2,1-4H3,(H,12,15). The van der Waals surface area contributed by atoms with Crippen LogP contribution < -0.4 is 5.32 Å². The second-order valence-corrected chi connectivity index (χ2v) is 3.98. The number of nitrogens with one attached hydrogen (secondary N) is 1. The van der Waals surface area contributed by atoms with Crippen molar-refractivity contribution in [2.24, 2.45) is 7.05 Å². The minimum Gasteiger partial charge on any atom is -0.336 e. The highest BCUT2D eigenvalue weighted by Crippen LogP contribution is 2.01. The predicted octanol–water partition coefficient (Wildman–Crippen LogP) is 0.970. The zero-order valence-electron chi connectivity index (χ0n) is 9.69. The molecule has 1 N–H and O–H groups in total. The van der Waals surface area contributed by atoms with E-state index in [0.717, 1.165) is 5.56 Å². The van der Waals surface area contributed by atoms with Crippen molar-refractivity contribution in [3.8, 4) is 0 Å². The lowest BCUT2D eigenvalue weighted by Crippen LogP contribution is -2.40. The van der Waals surface area contributed by atoms with Crippen molar-refractivity contribution in [2.75, 3.05) is 7.05 Å². The molecule has 0 spiro atoms. The fourth-order valence-electron chi connectivity index (χ4n) is 1.26. The molecule has 0 aromatic carbocycles. The third kappa shape index (κ3) is 3.61. The van der Waals surface area contributed by atoms with Crippen molar-refractivity contribution in [1.29, 1.82) is 0 Å². The number of hydrogen-bond donors (Lipinski definition) is 1. The summed E-state index contributed by atoms with van der Waals surface area (Å²) in [5.41, 5.74) is 1.03. The van der Waals surface area contributed by atoms with Gasteiger partial charge in [-0.1, -0.05) is 0 Å². The highest BCUT2D eigenvalue weighted by atomic mass is 16.2. The lowest BCUT2D eigenvalue weighted by Gasteiger charge is -2.18. The van der Waals surface area contributed by atoms with E-state index < -0.39 is 0 Å². The van der Waals surface area contributed by atoms with E-state index in [-0.39, 0.29) is 12.1 Å². The Bertz CT molecular complexity index is 332. The maximum Gasteiger partial charge on any atom is 0.317 e. The molecule has 0 aliphatic rings. The van der Waals surface area contributed by atoms with Crippen LogP contribution in [0.2, 0.25) is 0 Å². The van der Waals surface area contributed by atoms with E-state index >= 15 is 0 Å². The molecule has 2 amide bonds. The van der Waals surface area contributed by atoms with Gasteiger partial charge in [0, 0.05) is 31.9 Å². The Morgan fingerprint density at radius 1 is 1.67 bits per heavy atom. The first kappa shape index (κ1) is 11.6. The van der Waals surface area contributed by atoms with Crippen LogP contribution in [0.15, 0.2) is 12.4 Å². The van der Waals surface area contributed by atoms with Crippen LogP contribution in [0.25, 0.3) is 0 Å². The van der Waals surface area contributed by atoms with Gasteiger partial charge in [-0.05, 0) is 13.8 Å². The van der Waals surface area contributed by atoms with Gasteiger partial charge in [-0.25, -0.2) is 4.79 Å². The van der Waals surface area contributed by atoms with E-state index in [1.165, 1.54) is 0 Å². The Balaban J connectivity index is 2.48. The van der Waals surface area contributed by atoms with Crippen LogP contribution in [0.4, 0.5) is 4.79 Å². The molecule has 0 aliphatic heterocycles. The SMILES string of the molecule is CC(C)NC(=O)N(C)Cc1cnn(C)c1. The topological polar surface area (TPSA) is 50.2 Å². The summed E-state index contributed by atoms with van der Waals surface area (Å²) in [6.45, 7) is 4.46. The molecule has 0 atom stereocenters. The lowest BCUT2D eigenvalue weighted by molar-refractivity contribution is 0.204. The number of rotatable bonds is 3. The molecule has 5 nitrogen and oxygen atoms in total. The van der Waals surface area contributed by atoms with Crippen LogP contribution in [0.1, 0.15) is 19.4 Å². The number of urea groups is 1. The molecule has 0 saturated heterocycles. The van der Waals surface area contributed by atoms with Gasteiger partial charge in [0.05, 0.1) is 12.7 Å². The molecule has 0 fully saturated rings. The third-order valence-corrected chi connectivity index (χ3v) is 1.94. The summed E-state index contributed by atoms with van der Waals surface area (Å²) in [5.74, 6) is 0. The number of aryl methyl sites for hydroxylation is 1. The molecule has 15 heavy (non-hydrogen) atoms. The van der Waals surface area contributed by atoms with Crippen LogP contribution in [-0.4, -0.2) is 33.8 Å². The van der Waals surface area contributed by atoms with E-state index in [4.69, 9.17) is 0 Å². The van der Waals surface area contributed by atoms with E-state index in [1.54, 1.807) is 22.8 Å². The van der Waals surface area contributed by atoms with Gasteiger partial charge in [-0.2, -0.15) is 5.10 Å². The average molecular weight is 210 g/mol. The van der Waals surface area contributed by atoms with Crippen molar-refractivity contribution in [3.05, 3.63) is 18.0 Å². The smallest absolute Gasteiger partial charge is 0.317 e. The third-order valence-electron chi connectivity index (χ3n) is 1.94. The van der Waals surface area contributed by atoms with E-state index in [1.807, 2.05) is 27.1 Å². The van der Waals surface area contributed by atoms with Crippen molar-refractivity contribution >= 4 is 6.03 Å². The molecule has 0 saturated carbocycles. The van der Waals surface area contributed by atoms with E-state index in [2.05, 4.69) is 10.4 Å². The van der Waals surface area contributed by atoms with Crippen molar-refractivity contribution in [1.82, 2.24) is 20.0 Å². The van der Waals surface area contributed by atoms with Gasteiger partial charge in [0.1, 0.15) is 0 Å². The number of aromatic nitrogens is 2. The quantitative estimate of drug-likeness (QED) is 0.808. The summed E-state index contributed by atoms with van der Waals surface area (Å²) in [6.07, 6.45) is 3.66. The minimum absolute atomic E-state index is 0.0612. The Morgan fingerprint density at radius 3 is 2.80 bits per heavy atom. The highest BCUT2D eigenvalue weighted by Gasteiger charge is 2.10. The fraction of sp³-hybridized carbons (Fsp3) is 0.600. The number of amides is 2. The van der Waals surface area contributed by atoms with Gasteiger partial charge in [0.2, 0.25) is 0 Å². The molecule has 1 aromatic rings. The number of carbonyl (C=O) groups excluding carboxylic acids is 1. The highest BCUT2D eigenvalue weighted by molar-refractivity contribution is 5.74. The maximum atomic E-state index is 11.6. The second kappa shape index (κ2) is 4.82. The Hall–Kier alpha value is -1.52. The molecule has 0 unspecified atom stereocenters. The lowest BCUT2D eigenvalue weighted by atomic mass is 10.3. The van der Waals surface area contributed by atoms with Crippen molar-refractivity contribution in [3.63, 3.8) is 0 Å². The molecule has 0 bridgehead atoms. The monoisotopic (exact) mass is 210 g/mol.